The molecule has 1 aliphatic rings. The summed E-state index contributed by atoms with van der Waals surface area (Å²) in [4.78, 5) is 10.8. The van der Waals surface area contributed by atoms with Crippen LogP contribution in [-0.4, -0.2) is 21.8 Å². The third kappa shape index (κ3) is 3.20. The molecule has 0 amide bonds. The minimum atomic E-state index is -0.959. The van der Waals surface area contributed by atoms with E-state index in [4.69, 9.17) is 5.11 Å². The van der Waals surface area contributed by atoms with Crippen LogP contribution in [0.4, 0.5) is 0 Å². The smallest absolute Gasteiger partial charge is 0.306 e. The van der Waals surface area contributed by atoms with E-state index in [0.717, 1.165) is 25.7 Å². The number of rotatable bonds is 4. The average Bonchev–Trinajstić information content (AvgIpc) is 2.08. The summed E-state index contributed by atoms with van der Waals surface area (Å²) in [6.07, 6.45) is 4.59. The topological polar surface area (TPSA) is 57.5 Å². The van der Waals surface area contributed by atoms with Gasteiger partial charge in [-0.2, -0.15) is 0 Å². The summed E-state index contributed by atoms with van der Waals surface area (Å²) in [6, 6.07) is 0. The third-order valence-corrected chi connectivity index (χ3v) is 3.56. The number of carboxylic acids is 1. The summed E-state index contributed by atoms with van der Waals surface area (Å²) in [5.74, 6) is -0.259. The Morgan fingerprint density at radius 2 is 2.13 bits per heavy atom. The van der Waals surface area contributed by atoms with E-state index in [-0.39, 0.29) is 12.3 Å². The van der Waals surface area contributed by atoms with Crippen molar-refractivity contribution in [1.82, 2.24) is 0 Å². The van der Waals surface area contributed by atoms with E-state index in [1.54, 1.807) is 0 Å². The van der Waals surface area contributed by atoms with E-state index < -0.39 is 11.6 Å². The highest BCUT2D eigenvalue weighted by molar-refractivity contribution is 5.68. The molecule has 0 radical (unpaired) electrons. The molecule has 0 heterocycles. The highest BCUT2D eigenvalue weighted by Gasteiger charge is 2.42. The molecule has 15 heavy (non-hydrogen) atoms. The Bertz CT molecular complexity index is 227. The fraction of sp³-hybridized carbons (Fsp3) is 0.917. The van der Waals surface area contributed by atoms with Gasteiger partial charge < -0.3 is 10.2 Å². The maximum absolute atomic E-state index is 10.8. The lowest BCUT2D eigenvalue weighted by Crippen LogP contribution is -2.44. The zero-order chi connectivity index (χ0) is 11.5. The van der Waals surface area contributed by atoms with Crippen LogP contribution in [0.5, 0.6) is 0 Å². The van der Waals surface area contributed by atoms with E-state index in [1.807, 2.05) is 0 Å². The molecule has 3 nitrogen and oxygen atoms in total. The van der Waals surface area contributed by atoms with Crippen molar-refractivity contribution in [3.63, 3.8) is 0 Å². The number of hydrogen-bond acceptors (Lipinski definition) is 2. The molecular formula is C12H22O3. The number of aliphatic carboxylic acids is 1. The quantitative estimate of drug-likeness (QED) is 0.755. The van der Waals surface area contributed by atoms with Gasteiger partial charge in [-0.05, 0) is 31.1 Å². The third-order valence-electron chi connectivity index (χ3n) is 3.56. The van der Waals surface area contributed by atoms with Crippen LogP contribution >= 0.6 is 0 Å². The summed E-state index contributed by atoms with van der Waals surface area (Å²) in [5.41, 5.74) is -0.959. The normalized spacial score (nSPS) is 36.5. The van der Waals surface area contributed by atoms with Crippen molar-refractivity contribution < 1.29 is 15.0 Å². The molecule has 0 aromatic rings. The summed E-state index contributed by atoms with van der Waals surface area (Å²) >= 11 is 0. The van der Waals surface area contributed by atoms with Crippen LogP contribution in [0.1, 0.15) is 52.4 Å². The first-order valence-corrected chi connectivity index (χ1v) is 5.92. The SMILES string of the molecule is CCCC1CCC(C)CC1(O)CC(=O)O. The summed E-state index contributed by atoms with van der Waals surface area (Å²) < 4.78 is 0. The fourth-order valence-corrected chi connectivity index (χ4v) is 2.87. The molecule has 1 aliphatic carbocycles. The van der Waals surface area contributed by atoms with Gasteiger partial charge in [-0.25, -0.2) is 0 Å². The number of aliphatic hydroxyl groups is 1. The van der Waals surface area contributed by atoms with Crippen LogP contribution in [0.15, 0.2) is 0 Å². The molecule has 3 unspecified atom stereocenters. The standard InChI is InChI=1S/C12H22O3/c1-3-4-10-6-5-9(2)7-12(10,15)8-11(13)14/h9-10,15H,3-8H2,1-2H3,(H,13,14). The first kappa shape index (κ1) is 12.5. The van der Waals surface area contributed by atoms with Crippen LogP contribution in [-0.2, 0) is 4.79 Å². The van der Waals surface area contributed by atoms with Crippen molar-refractivity contribution in [1.29, 1.82) is 0 Å². The van der Waals surface area contributed by atoms with Crippen LogP contribution < -0.4 is 0 Å². The van der Waals surface area contributed by atoms with E-state index >= 15 is 0 Å². The number of hydrogen-bond donors (Lipinski definition) is 2. The Balaban J connectivity index is 2.71. The first-order valence-electron chi connectivity index (χ1n) is 5.92. The Hall–Kier alpha value is -0.570. The molecule has 1 saturated carbocycles. The van der Waals surface area contributed by atoms with Gasteiger partial charge in [0.15, 0.2) is 0 Å². The minimum Gasteiger partial charge on any atom is -0.481 e. The Kier molecular flexibility index (Phi) is 4.14. The Morgan fingerprint density at radius 1 is 1.47 bits per heavy atom. The largest absolute Gasteiger partial charge is 0.481 e. The van der Waals surface area contributed by atoms with Gasteiger partial charge in [0.1, 0.15) is 0 Å². The minimum absolute atomic E-state index is 0.0952. The molecule has 1 rings (SSSR count). The van der Waals surface area contributed by atoms with Crippen molar-refractivity contribution in [2.75, 3.05) is 0 Å². The van der Waals surface area contributed by atoms with Gasteiger partial charge in [-0.1, -0.05) is 26.7 Å². The van der Waals surface area contributed by atoms with Gasteiger partial charge >= 0.3 is 5.97 Å². The van der Waals surface area contributed by atoms with Crippen molar-refractivity contribution in [3.8, 4) is 0 Å². The Morgan fingerprint density at radius 3 is 2.67 bits per heavy atom. The van der Waals surface area contributed by atoms with Gasteiger partial charge in [-0.3, -0.25) is 4.79 Å². The van der Waals surface area contributed by atoms with Crippen molar-refractivity contribution in [2.45, 2.75) is 58.0 Å². The van der Waals surface area contributed by atoms with E-state index in [2.05, 4.69) is 13.8 Å². The van der Waals surface area contributed by atoms with Crippen molar-refractivity contribution in [3.05, 3.63) is 0 Å². The molecule has 3 atom stereocenters. The van der Waals surface area contributed by atoms with Crippen LogP contribution in [0, 0.1) is 11.8 Å². The number of carbonyl (C=O) groups is 1. The average molecular weight is 214 g/mol. The lowest BCUT2D eigenvalue weighted by molar-refractivity contribution is -0.149. The van der Waals surface area contributed by atoms with Gasteiger partial charge in [0.25, 0.3) is 0 Å². The fourth-order valence-electron chi connectivity index (χ4n) is 2.87. The molecular weight excluding hydrogens is 192 g/mol. The molecule has 88 valence electrons. The Labute approximate surface area is 91.5 Å². The second kappa shape index (κ2) is 4.97. The highest BCUT2D eigenvalue weighted by Crippen LogP contribution is 2.41. The molecule has 0 aromatic heterocycles. The summed E-state index contributed by atoms with van der Waals surface area (Å²) in [7, 11) is 0. The van der Waals surface area contributed by atoms with Crippen LogP contribution in [0.25, 0.3) is 0 Å². The van der Waals surface area contributed by atoms with Gasteiger partial charge in [-0.15, -0.1) is 0 Å². The maximum atomic E-state index is 10.8. The van der Waals surface area contributed by atoms with Crippen molar-refractivity contribution >= 4 is 5.97 Å². The van der Waals surface area contributed by atoms with Gasteiger partial charge in [0.2, 0.25) is 0 Å². The molecule has 0 bridgehead atoms. The van der Waals surface area contributed by atoms with Crippen molar-refractivity contribution in [2.24, 2.45) is 11.8 Å². The maximum Gasteiger partial charge on any atom is 0.306 e. The molecule has 1 fully saturated rings. The van der Waals surface area contributed by atoms with E-state index in [9.17, 15) is 9.90 Å². The second-order valence-corrected chi connectivity index (χ2v) is 5.05. The summed E-state index contributed by atoms with van der Waals surface area (Å²) in [6.45, 7) is 4.17. The van der Waals surface area contributed by atoms with E-state index in [0.29, 0.717) is 12.3 Å². The molecule has 0 spiro atoms. The zero-order valence-electron chi connectivity index (χ0n) is 9.70. The van der Waals surface area contributed by atoms with Gasteiger partial charge in [0, 0.05) is 0 Å². The zero-order valence-corrected chi connectivity index (χ0v) is 9.70. The first-order chi connectivity index (χ1) is 6.98. The molecule has 0 saturated heterocycles. The monoisotopic (exact) mass is 214 g/mol. The highest BCUT2D eigenvalue weighted by atomic mass is 16.4. The van der Waals surface area contributed by atoms with Crippen LogP contribution in [0.2, 0.25) is 0 Å². The summed E-state index contributed by atoms with van der Waals surface area (Å²) in [5, 5.41) is 19.3. The van der Waals surface area contributed by atoms with E-state index in [1.165, 1.54) is 0 Å². The predicted molar refractivity (Wildman–Crippen MR) is 58.6 cm³/mol. The molecule has 0 aromatic carbocycles. The van der Waals surface area contributed by atoms with Crippen LogP contribution in [0.3, 0.4) is 0 Å². The number of carboxylic acid groups (broad SMARTS) is 1. The molecule has 3 heteroatoms. The predicted octanol–water partition coefficient (Wildman–Crippen LogP) is 2.43. The van der Waals surface area contributed by atoms with Gasteiger partial charge in [0.05, 0.1) is 12.0 Å². The second-order valence-electron chi connectivity index (χ2n) is 5.05. The lowest BCUT2D eigenvalue weighted by atomic mass is 9.68. The molecule has 2 N–H and O–H groups in total. The lowest BCUT2D eigenvalue weighted by Gasteiger charge is -2.41. The molecule has 0 aliphatic heterocycles.